The van der Waals surface area contributed by atoms with Crippen LogP contribution < -0.4 is 5.32 Å². The summed E-state index contributed by atoms with van der Waals surface area (Å²) in [6, 6.07) is 7.20. The van der Waals surface area contributed by atoms with E-state index in [9.17, 15) is 14.7 Å². The van der Waals surface area contributed by atoms with Gasteiger partial charge in [0.2, 0.25) is 0 Å². The number of methoxy groups -OCH3 is 1. The molecule has 0 radical (unpaired) electrons. The first-order valence-electron chi connectivity index (χ1n) is 8.76. The van der Waals surface area contributed by atoms with Crippen molar-refractivity contribution >= 4 is 17.7 Å². The largest absolute Gasteiger partial charge is 0.469 e. The number of hydrogen-bond donors (Lipinski definition) is 2. The fourth-order valence-corrected chi connectivity index (χ4v) is 3.01. The van der Waals surface area contributed by atoms with Gasteiger partial charge >= 0.3 is 12.1 Å². The summed E-state index contributed by atoms with van der Waals surface area (Å²) in [5.74, 6) is -0.898. The molecule has 0 aliphatic carbocycles. The summed E-state index contributed by atoms with van der Waals surface area (Å²) in [4.78, 5) is 26.2. The molecule has 2 rings (SSSR count). The smallest absolute Gasteiger partial charge is 0.410 e. The van der Waals surface area contributed by atoms with E-state index >= 15 is 0 Å². The Balaban J connectivity index is 2.13. The van der Waals surface area contributed by atoms with Crippen molar-refractivity contribution < 1.29 is 24.2 Å². The van der Waals surface area contributed by atoms with E-state index in [2.05, 4.69) is 5.32 Å². The van der Waals surface area contributed by atoms with Crippen LogP contribution in [0.25, 0.3) is 0 Å². The van der Waals surface area contributed by atoms with Crippen LogP contribution in [-0.4, -0.2) is 53.9 Å². The number of benzene rings is 1. The van der Waals surface area contributed by atoms with E-state index in [1.807, 2.05) is 45.0 Å². The molecule has 26 heavy (non-hydrogen) atoms. The summed E-state index contributed by atoms with van der Waals surface area (Å²) in [5.41, 5.74) is 0.942. The third kappa shape index (κ3) is 5.11. The quantitative estimate of drug-likeness (QED) is 0.798. The zero-order valence-electron chi connectivity index (χ0n) is 15.8. The maximum atomic E-state index is 12.3. The zero-order valence-corrected chi connectivity index (χ0v) is 15.8. The maximum absolute atomic E-state index is 12.3. The molecular weight excluding hydrogens is 336 g/mol. The molecule has 1 aliphatic rings. The minimum Gasteiger partial charge on any atom is -0.469 e. The number of piperidine rings is 1. The first-order valence-corrected chi connectivity index (χ1v) is 8.76. The van der Waals surface area contributed by atoms with E-state index in [-0.39, 0.29) is 25.2 Å². The number of anilines is 1. The van der Waals surface area contributed by atoms with Gasteiger partial charge in [0.05, 0.1) is 19.6 Å². The van der Waals surface area contributed by atoms with Crippen LogP contribution in [0.3, 0.4) is 0 Å². The highest BCUT2D eigenvalue weighted by Crippen LogP contribution is 2.26. The lowest BCUT2D eigenvalue weighted by atomic mass is 9.91. The van der Waals surface area contributed by atoms with Gasteiger partial charge in [-0.15, -0.1) is 0 Å². The average molecular weight is 364 g/mol. The SMILES string of the molecule is COC(=O)C1CN(C(=O)OC(C)(C)C)CCC1Nc1ccccc1CO. The van der Waals surface area contributed by atoms with Gasteiger partial charge in [-0.05, 0) is 33.3 Å². The molecule has 1 aliphatic heterocycles. The van der Waals surface area contributed by atoms with Gasteiger partial charge in [0, 0.05) is 30.4 Å². The molecule has 1 heterocycles. The fraction of sp³-hybridized carbons (Fsp3) is 0.579. The molecule has 0 saturated carbocycles. The van der Waals surface area contributed by atoms with Gasteiger partial charge in [-0.2, -0.15) is 0 Å². The molecular formula is C19H28N2O5. The van der Waals surface area contributed by atoms with Crippen LogP contribution in [-0.2, 0) is 20.9 Å². The number of carbonyl (C=O) groups is 2. The van der Waals surface area contributed by atoms with Gasteiger partial charge in [0.15, 0.2) is 0 Å². The molecule has 0 aromatic heterocycles. The van der Waals surface area contributed by atoms with Gasteiger partial charge in [0.1, 0.15) is 5.60 Å². The molecule has 2 unspecified atom stereocenters. The number of amides is 1. The summed E-state index contributed by atoms with van der Waals surface area (Å²) < 4.78 is 10.3. The van der Waals surface area contributed by atoms with Crippen LogP contribution in [0.5, 0.6) is 0 Å². The second-order valence-corrected chi connectivity index (χ2v) is 7.41. The molecule has 144 valence electrons. The van der Waals surface area contributed by atoms with E-state index in [4.69, 9.17) is 9.47 Å². The molecule has 7 nitrogen and oxygen atoms in total. The molecule has 7 heteroatoms. The van der Waals surface area contributed by atoms with Gasteiger partial charge in [-0.3, -0.25) is 4.79 Å². The Labute approximate surface area is 154 Å². The van der Waals surface area contributed by atoms with E-state index < -0.39 is 17.6 Å². The van der Waals surface area contributed by atoms with Crippen molar-refractivity contribution in [1.82, 2.24) is 4.90 Å². The van der Waals surface area contributed by atoms with Gasteiger partial charge in [-0.1, -0.05) is 18.2 Å². The number of rotatable bonds is 4. The molecule has 1 aromatic carbocycles. The number of para-hydroxylation sites is 1. The second kappa shape index (κ2) is 8.40. The minimum absolute atomic E-state index is 0.0944. The Bertz CT molecular complexity index is 641. The van der Waals surface area contributed by atoms with Crippen molar-refractivity contribution in [2.24, 2.45) is 5.92 Å². The Morgan fingerprint density at radius 2 is 2.00 bits per heavy atom. The Morgan fingerprint density at radius 1 is 1.31 bits per heavy atom. The predicted octanol–water partition coefficient (Wildman–Crippen LogP) is 2.39. The van der Waals surface area contributed by atoms with Crippen molar-refractivity contribution in [3.8, 4) is 0 Å². The molecule has 1 amide bonds. The number of aliphatic hydroxyl groups excluding tert-OH is 1. The fourth-order valence-electron chi connectivity index (χ4n) is 3.01. The summed E-state index contributed by atoms with van der Waals surface area (Å²) in [7, 11) is 1.34. The molecule has 0 bridgehead atoms. The lowest BCUT2D eigenvalue weighted by Gasteiger charge is -2.38. The number of hydrogen-bond acceptors (Lipinski definition) is 6. The average Bonchev–Trinajstić information content (AvgIpc) is 2.60. The van der Waals surface area contributed by atoms with E-state index in [0.717, 1.165) is 11.3 Å². The highest BCUT2D eigenvalue weighted by Gasteiger charge is 2.38. The van der Waals surface area contributed by atoms with Gasteiger partial charge in [-0.25, -0.2) is 4.79 Å². The first kappa shape index (κ1) is 20.0. The van der Waals surface area contributed by atoms with Crippen LogP contribution >= 0.6 is 0 Å². The van der Waals surface area contributed by atoms with Crippen molar-refractivity contribution in [2.75, 3.05) is 25.5 Å². The van der Waals surface area contributed by atoms with Crippen molar-refractivity contribution in [1.29, 1.82) is 0 Å². The maximum Gasteiger partial charge on any atom is 0.410 e. The van der Waals surface area contributed by atoms with Gasteiger partial charge < -0.3 is 24.8 Å². The number of ether oxygens (including phenoxy) is 2. The monoisotopic (exact) mass is 364 g/mol. The van der Waals surface area contributed by atoms with E-state index in [1.54, 1.807) is 4.90 Å². The van der Waals surface area contributed by atoms with Crippen LogP contribution in [0, 0.1) is 5.92 Å². The number of nitrogens with zero attached hydrogens (tertiary/aromatic N) is 1. The topological polar surface area (TPSA) is 88.1 Å². The number of carbonyl (C=O) groups excluding carboxylic acids is 2. The molecule has 0 spiro atoms. The number of likely N-dealkylation sites (tertiary alicyclic amines) is 1. The summed E-state index contributed by atoms with van der Waals surface area (Å²) in [6.45, 7) is 6.03. The van der Waals surface area contributed by atoms with E-state index in [0.29, 0.717) is 13.0 Å². The Morgan fingerprint density at radius 3 is 2.62 bits per heavy atom. The summed E-state index contributed by atoms with van der Waals surface area (Å²) >= 11 is 0. The van der Waals surface area contributed by atoms with Crippen molar-refractivity contribution in [3.05, 3.63) is 29.8 Å². The van der Waals surface area contributed by atoms with Crippen LogP contribution in [0.4, 0.5) is 10.5 Å². The van der Waals surface area contributed by atoms with Crippen molar-refractivity contribution in [2.45, 2.75) is 45.4 Å². The number of nitrogens with one attached hydrogen (secondary N) is 1. The zero-order chi connectivity index (χ0) is 19.3. The van der Waals surface area contributed by atoms with E-state index in [1.165, 1.54) is 7.11 Å². The van der Waals surface area contributed by atoms with Gasteiger partial charge in [0.25, 0.3) is 0 Å². The molecule has 1 aromatic rings. The third-order valence-electron chi connectivity index (χ3n) is 4.30. The number of aliphatic hydroxyl groups is 1. The van der Waals surface area contributed by atoms with Crippen LogP contribution in [0.1, 0.15) is 32.8 Å². The van der Waals surface area contributed by atoms with Crippen LogP contribution in [0.2, 0.25) is 0 Å². The normalized spacial score (nSPS) is 20.4. The molecule has 2 N–H and O–H groups in total. The standard InChI is InChI=1S/C19H28N2O5/c1-19(2,3)26-18(24)21-10-9-16(14(11-21)17(23)25-4)20-15-8-6-5-7-13(15)12-22/h5-8,14,16,20,22H,9-12H2,1-4H3. The highest BCUT2D eigenvalue weighted by molar-refractivity contribution is 5.76. The molecule has 1 saturated heterocycles. The number of esters is 1. The Kier molecular flexibility index (Phi) is 6.47. The summed E-state index contributed by atoms with van der Waals surface area (Å²) in [5, 5.41) is 12.8. The Hall–Kier alpha value is -2.28. The molecule has 1 fully saturated rings. The second-order valence-electron chi connectivity index (χ2n) is 7.41. The van der Waals surface area contributed by atoms with Crippen molar-refractivity contribution in [3.63, 3.8) is 0 Å². The minimum atomic E-state index is -0.590. The first-order chi connectivity index (χ1) is 12.2. The third-order valence-corrected chi connectivity index (χ3v) is 4.30. The lowest BCUT2D eigenvalue weighted by Crippen LogP contribution is -2.52. The summed E-state index contributed by atoms with van der Waals surface area (Å²) in [6.07, 6.45) is 0.138. The predicted molar refractivity (Wildman–Crippen MR) is 97.7 cm³/mol. The highest BCUT2D eigenvalue weighted by atomic mass is 16.6. The van der Waals surface area contributed by atoms with Crippen LogP contribution in [0.15, 0.2) is 24.3 Å². The lowest BCUT2D eigenvalue weighted by molar-refractivity contribution is -0.147. The molecule has 2 atom stereocenters.